The minimum atomic E-state index is -0.439. The van der Waals surface area contributed by atoms with Gasteiger partial charge < -0.3 is 15.0 Å². The number of carbonyl (C=O) groups excluding carboxylic acids is 3. The molecule has 1 aromatic heterocycles. The molecule has 0 spiro atoms. The summed E-state index contributed by atoms with van der Waals surface area (Å²) in [6.45, 7) is 3.45. The SMILES string of the molecule is CCOCc1nnc(N2CC(C(=O)NCc3ccc(C(=O)N(C)C)cc3)CC2=O)s1. The summed E-state index contributed by atoms with van der Waals surface area (Å²) in [6, 6.07) is 7.09. The van der Waals surface area contributed by atoms with Crippen LogP contribution in [-0.2, 0) is 27.5 Å². The second-order valence-corrected chi connectivity index (χ2v) is 8.18. The molecule has 2 aromatic rings. The van der Waals surface area contributed by atoms with Gasteiger partial charge in [-0.25, -0.2) is 0 Å². The average Bonchev–Trinajstić information content (AvgIpc) is 3.36. The first-order valence-electron chi connectivity index (χ1n) is 9.67. The molecule has 1 unspecified atom stereocenters. The van der Waals surface area contributed by atoms with Crippen molar-refractivity contribution < 1.29 is 19.1 Å². The smallest absolute Gasteiger partial charge is 0.253 e. The van der Waals surface area contributed by atoms with Crippen molar-refractivity contribution in [3.05, 3.63) is 40.4 Å². The topological polar surface area (TPSA) is 105 Å². The van der Waals surface area contributed by atoms with Crippen LogP contribution in [0.15, 0.2) is 24.3 Å². The molecule has 0 bridgehead atoms. The molecule has 3 rings (SSSR count). The van der Waals surface area contributed by atoms with E-state index in [-0.39, 0.29) is 30.7 Å². The van der Waals surface area contributed by atoms with E-state index in [1.807, 2.05) is 19.1 Å². The predicted octanol–water partition coefficient (Wildman–Crippen LogP) is 1.45. The summed E-state index contributed by atoms with van der Waals surface area (Å²) >= 11 is 1.30. The van der Waals surface area contributed by atoms with Crippen molar-refractivity contribution in [3.8, 4) is 0 Å². The molecular formula is C20H25N5O4S. The van der Waals surface area contributed by atoms with Gasteiger partial charge in [0, 0.05) is 45.8 Å². The van der Waals surface area contributed by atoms with Crippen LogP contribution < -0.4 is 10.2 Å². The minimum Gasteiger partial charge on any atom is -0.374 e. The van der Waals surface area contributed by atoms with E-state index in [9.17, 15) is 14.4 Å². The summed E-state index contributed by atoms with van der Waals surface area (Å²) in [6.07, 6.45) is 0.141. The molecule has 1 aliphatic rings. The van der Waals surface area contributed by atoms with Gasteiger partial charge in [-0.2, -0.15) is 0 Å². The first kappa shape index (κ1) is 21.8. The van der Waals surface area contributed by atoms with Gasteiger partial charge in [-0.1, -0.05) is 23.5 Å². The minimum absolute atomic E-state index is 0.0729. The standard InChI is InChI=1S/C20H25N5O4S/c1-4-29-12-16-22-23-20(30-16)25-11-15(9-17(25)26)18(27)21-10-13-5-7-14(8-6-13)19(28)24(2)3/h5-8,15H,4,9-12H2,1-3H3,(H,21,27). The lowest BCUT2D eigenvalue weighted by molar-refractivity contribution is -0.126. The lowest BCUT2D eigenvalue weighted by Crippen LogP contribution is -2.32. The molecule has 1 saturated heterocycles. The van der Waals surface area contributed by atoms with Crippen LogP contribution >= 0.6 is 11.3 Å². The molecule has 0 saturated carbocycles. The Balaban J connectivity index is 1.53. The summed E-state index contributed by atoms with van der Waals surface area (Å²) in [5, 5.41) is 12.1. The lowest BCUT2D eigenvalue weighted by atomic mass is 10.1. The van der Waals surface area contributed by atoms with Crippen LogP contribution in [0.2, 0.25) is 0 Å². The number of hydrogen-bond acceptors (Lipinski definition) is 7. The molecular weight excluding hydrogens is 406 g/mol. The molecule has 160 valence electrons. The Hall–Kier alpha value is -2.85. The number of carbonyl (C=O) groups is 3. The fourth-order valence-electron chi connectivity index (χ4n) is 3.03. The summed E-state index contributed by atoms with van der Waals surface area (Å²) in [5.74, 6) is -0.832. The third kappa shape index (κ3) is 5.19. The zero-order valence-electron chi connectivity index (χ0n) is 17.3. The number of aromatic nitrogens is 2. The Labute approximate surface area is 179 Å². The van der Waals surface area contributed by atoms with Crippen LogP contribution in [0.5, 0.6) is 0 Å². The van der Waals surface area contributed by atoms with Gasteiger partial charge in [0.05, 0.1) is 5.92 Å². The molecule has 1 atom stereocenters. The van der Waals surface area contributed by atoms with Gasteiger partial charge in [-0.15, -0.1) is 10.2 Å². The van der Waals surface area contributed by atoms with E-state index >= 15 is 0 Å². The number of nitrogens with zero attached hydrogens (tertiary/aromatic N) is 4. The fourth-order valence-corrected chi connectivity index (χ4v) is 3.83. The van der Waals surface area contributed by atoms with Gasteiger partial charge in [-0.05, 0) is 24.6 Å². The number of amides is 3. The van der Waals surface area contributed by atoms with Gasteiger partial charge in [0.1, 0.15) is 11.6 Å². The zero-order valence-corrected chi connectivity index (χ0v) is 18.1. The number of rotatable bonds is 8. The highest BCUT2D eigenvalue weighted by Crippen LogP contribution is 2.28. The largest absolute Gasteiger partial charge is 0.374 e. The normalized spacial score (nSPS) is 16.0. The van der Waals surface area contributed by atoms with Crippen LogP contribution in [0.4, 0.5) is 5.13 Å². The number of hydrogen-bond donors (Lipinski definition) is 1. The van der Waals surface area contributed by atoms with Crippen molar-refractivity contribution in [1.29, 1.82) is 0 Å². The molecule has 1 aromatic carbocycles. The van der Waals surface area contributed by atoms with E-state index in [2.05, 4.69) is 15.5 Å². The molecule has 1 N–H and O–H groups in total. The highest BCUT2D eigenvalue weighted by atomic mass is 32.1. The molecule has 1 aliphatic heterocycles. The van der Waals surface area contributed by atoms with Gasteiger partial charge in [0.2, 0.25) is 16.9 Å². The second-order valence-electron chi connectivity index (χ2n) is 7.14. The van der Waals surface area contributed by atoms with Crippen LogP contribution in [0.1, 0.15) is 34.3 Å². The summed E-state index contributed by atoms with van der Waals surface area (Å²) in [4.78, 5) is 39.9. The first-order chi connectivity index (χ1) is 14.4. The van der Waals surface area contributed by atoms with Crippen LogP contribution in [0.3, 0.4) is 0 Å². The van der Waals surface area contributed by atoms with Crippen molar-refractivity contribution in [3.63, 3.8) is 0 Å². The van der Waals surface area contributed by atoms with E-state index in [0.29, 0.717) is 35.5 Å². The summed E-state index contributed by atoms with van der Waals surface area (Å²) in [5.41, 5.74) is 1.47. The molecule has 0 radical (unpaired) electrons. The number of anilines is 1. The maximum atomic E-state index is 12.5. The van der Waals surface area contributed by atoms with E-state index in [0.717, 1.165) is 5.56 Å². The monoisotopic (exact) mass is 431 g/mol. The van der Waals surface area contributed by atoms with Crippen molar-refractivity contribution in [2.24, 2.45) is 5.92 Å². The Morgan fingerprint density at radius 2 is 2.00 bits per heavy atom. The maximum Gasteiger partial charge on any atom is 0.253 e. The average molecular weight is 432 g/mol. The molecule has 2 heterocycles. The van der Waals surface area contributed by atoms with Gasteiger partial charge in [0.15, 0.2) is 0 Å². The quantitative estimate of drug-likeness (QED) is 0.678. The van der Waals surface area contributed by atoms with Crippen molar-refractivity contribution >= 4 is 34.2 Å². The third-order valence-electron chi connectivity index (χ3n) is 4.69. The first-order valence-corrected chi connectivity index (χ1v) is 10.5. The van der Waals surface area contributed by atoms with E-state index in [1.54, 1.807) is 26.2 Å². The second kappa shape index (κ2) is 9.77. The molecule has 0 aliphatic carbocycles. The Kier molecular flexibility index (Phi) is 7.11. The molecule has 3 amide bonds. The van der Waals surface area contributed by atoms with Gasteiger partial charge >= 0.3 is 0 Å². The Morgan fingerprint density at radius 3 is 2.67 bits per heavy atom. The predicted molar refractivity (Wildman–Crippen MR) is 112 cm³/mol. The van der Waals surface area contributed by atoms with Crippen molar-refractivity contribution in [2.45, 2.75) is 26.5 Å². The summed E-state index contributed by atoms with van der Waals surface area (Å²) < 4.78 is 5.31. The molecule has 1 fully saturated rings. The zero-order chi connectivity index (χ0) is 21.7. The Bertz CT molecular complexity index is 912. The highest BCUT2D eigenvalue weighted by molar-refractivity contribution is 7.15. The van der Waals surface area contributed by atoms with E-state index < -0.39 is 5.92 Å². The number of nitrogens with one attached hydrogen (secondary N) is 1. The van der Waals surface area contributed by atoms with Gasteiger partial charge in [-0.3, -0.25) is 19.3 Å². The van der Waals surface area contributed by atoms with Crippen LogP contribution in [-0.4, -0.2) is 60.1 Å². The molecule has 10 heteroatoms. The number of benzene rings is 1. The Morgan fingerprint density at radius 1 is 1.27 bits per heavy atom. The molecule has 9 nitrogen and oxygen atoms in total. The van der Waals surface area contributed by atoms with E-state index in [4.69, 9.17) is 4.74 Å². The third-order valence-corrected chi connectivity index (χ3v) is 5.61. The van der Waals surface area contributed by atoms with Crippen molar-refractivity contribution in [2.75, 3.05) is 32.1 Å². The molecule has 30 heavy (non-hydrogen) atoms. The van der Waals surface area contributed by atoms with Crippen LogP contribution in [0.25, 0.3) is 0 Å². The maximum absolute atomic E-state index is 12.5. The lowest BCUT2D eigenvalue weighted by Gasteiger charge is -2.13. The number of ether oxygens (including phenoxy) is 1. The van der Waals surface area contributed by atoms with Crippen LogP contribution in [0, 0.1) is 5.92 Å². The summed E-state index contributed by atoms with van der Waals surface area (Å²) in [7, 11) is 3.40. The van der Waals surface area contributed by atoms with Gasteiger partial charge in [0.25, 0.3) is 5.91 Å². The highest BCUT2D eigenvalue weighted by Gasteiger charge is 2.36. The van der Waals surface area contributed by atoms with Crippen molar-refractivity contribution in [1.82, 2.24) is 20.4 Å². The van der Waals surface area contributed by atoms with E-state index in [1.165, 1.54) is 21.1 Å². The fraction of sp³-hybridized carbons (Fsp3) is 0.450.